The lowest BCUT2D eigenvalue weighted by Gasteiger charge is -2.24. The van der Waals surface area contributed by atoms with Crippen molar-refractivity contribution >= 4 is 15.9 Å². The lowest BCUT2D eigenvalue weighted by molar-refractivity contribution is 0.592. The topological polar surface area (TPSA) is 25.8 Å². The van der Waals surface area contributed by atoms with Crippen molar-refractivity contribution in [3.63, 3.8) is 0 Å². The van der Waals surface area contributed by atoms with Crippen molar-refractivity contribution < 1.29 is 0 Å². The summed E-state index contributed by atoms with van der Waals surface area (Å²) in [5, 5.41) is 0. The van der Waals surface area contributed by atoms with E-state index in [0.29, 0.717) is 0 Å². The Morgan fingerprint density at radius 3 is 2.12 bits per heavy atom. The van der Waals surface area contributed by atoms with Crippen molar-refractivity contribution in [3.05, 3.63) is 58.1 Å². The molecule has 0 bridgehead atoms. The quantitative estimate of drug-likeness (QED) is 0.785. The molecule has 0 spiro atoms. The highest BCUT2D eigenvalue weighted by molar-refractivity contribution is 9.10. The van der Waals surface area contributed by atoms with Gasteiger partial charge in [0, 0.05) is 11.1 Å². The van der Waals surface area contributed by atoms with Gasteiger partial charge in [0.2, 0.25) is 0 Å². The summed E-state index contributed by atoms with van der Waals surface area (Å²) in [5.74, 6) is 0. The van der Waals surface area contributed by atoms with Crippen LogP contribution in [0.5, 0.6) is 0 Å². The molecule has 2 nitrogen and oxygen atoms in total. The first kappa shape index (κ1) is 12.2. The van der Waals surface area contributed by atoms with Gasteiger partial charge in [0.15, 0.2) is 0 Å². The molecule has 0 amide bonds. The number of pyridine rings is 2. The summed E-state index contributed by atoms with van der Waals surface area (Å²) in [7, 11) is 0. The van der Waals surface area contributed by atoms with Crippen molar-refractivity contribution in [2.75, 3.05) is 0 Å². The summed E-state index contributed by atoms with van der Waals surface area (Å²) in [4.78, 5) is 9.12. The lowest BCUT2D eigenvalue weighted by Crippen LogP contribution is -2.22. The van der Waals surface area contributed by atoms with E-state index in [0.717, 1.165) is 21.7 Å². The van der Waals surface area contributed by atoms with Gasteiger partial charge in [-0.1, -0.05) is 12.1 Å². The number of halogens is 1. The average Bonchev–Trinajstić information content (AvgIpc) is 2.29. The molecule has 0 aliphatic rings. The second-order valence-electron chi connectivity index (χ2n) is 4.63. The third-order valence-electron chi connectivity index (χ3n) is 2.88. The van der Waals surface area contributed by atoms with Gasteiger partial charge in [-0.15, -0.1) is 0 Å². The van der Waals surface area contributed by atoms with Gasteiger partial charge in [-0.3, -0.25) is 4.98 Å². The van der Waals surface area contributed by atoms with Crippen LogP contribution in [0.25, 0.3) is 0 Å². The van der Waals surface area contributed by atoms with Crippen molar-refractivity contribution in [2.45, 2.75) is 26.2 Å². The van der Waals surface area contributed by atoms with Crippen LogP contribution in [-0.4, -0.2) is 9.97 Å². The van der Waals surface area contributed by atoms with Gasteiger partial charge in [-0.05, 0) is 61.0 Å². The van der Waals surface area contributed by atoms with Gasteiger partial charge < -0.3 is 0 Å². The fourth-order valence-electron chi connectivity index (χ4n) is 1.78. The van der Waals surface area contributed by atoms with Crippen LogP contribution in [0, 0.1) is 6.92 Å². The minimum Gasteiger partial charge on any atom is -0.257 e. The second-order valence-corrected chi connectivity index (χ2v) is 5.45. The smallest absolute Gasteiger partial charge is 0.106 e. The van der Waals surface area contributed by atoms with Crippen LogP contribution in [-0.2, 0) is 5.41 Å². The molecule has 3 heteroatoms. The molecule has 0 atom stereocenters. The summed E-state index contributed by atoms with van der Waals surface area (Å²) in [6, 6.07) is 12.1. The normalized spacial score (nSPS) is 11.5. The molecule has 2 aromatic heterocycles. The Bertz CT molecular complexity index is 488. The minimum atomic E-state index is -0.185. The summed E-state index contributed by atoms with van der Waals surface area (Å²) in [5.41, 5.74) is 2.91. The van der Waals surface area contributed by atoms with Crippen LogP contribution >= 0.6 is 15.9 Å². The van der Waals surface area contributed by atoms with E-state index in [1.165, 1.54) is 0 Å². The van der Waals surface area contributed by atoms with Crippen molar-refractivity contribution in [1.82, 2.24) is 9.97 Å². The molecule has 0 aliphatic heterocycles. The van der Waals surface area contributed by atoms with Crippen LogP contribution < -0.4 is 0 Å². The number of aryl methyl sites for hydroxylation is 1. The highest BCUT2D eigenvalue weighted by Crippen LogP contribution is 2.29. The van der Waals surface area contributed by atoms with Crippen LogP contribution in [0.3, 0.4) is 0 Å². The van der Waals surface area contributed by atoms with Crippen LogP contribution in [0.1, 0.15) is 30.9 Å². The molecule has 17 heavy (non-hydrogen) atoms. The molecule has 0 fully saturated rings. The molecule has 0 unspecified atom stereocenters. The van der Waals surface area contributed by atoms with Crippen LogP contribution in [0.15, 0.2) is 41.0 Å². The van der Waals surface area contributed by atoms with Gasteiger partial charge in [0.25, 0.3) is 0 Å². The molecule has 2 heterocycles. The van der Waals surface area contributed by atoms with E-state index in [9.17, 15) is 0 Å². The summed E-state index contributed by atoms with van der Waals surface area (Å²) >= 11 is 3.41. The van der Waals surface area contributed by atoms with E-state index >= 15 is 0 Å². The molecule has 2 aromatic rings. The van der Waals surface area contributed by atoms with E-state index in [1.54, 1.807) is 0 Å². The maximum absolute atomic E-state index is 4.60. The molecular formula is C14H15BrN2. The Kier molecular flexibility index (Phi) is 3.29. The predicted molar refractivity (Wildman–Crippen MR) is 73.0 cm³/mol. The van der Waals surface area contributed by atoms with Crippen molar-refractivity contribution in [3.8, 4) is 0 Å². The molecule has 0 aromatic carbocycles. The molecule has 88 valence electrons. The van der Waals surface area contributed by atoms with Gasteiger partial charge >= 0.3 is 0 Å². The minimum absolute atomic E-state index is 0.185. The SMILES string of the molecule is Cc1cccc(C(C)(C)c2cccc(Br)n2)n1. The Balaban J connectivity index is 2.49. The van der Waals surface area contributed by atoms with Crippen molar-refractivity contribution in [1.29, 1.82) is 0 Å². The van der Waals surface area contributed by atoms with E-state index < -0.39 is 0 Å². The third kappa shape index (κ3) is 2.55. The zero-order valence-electron chi connectivity index (χ0n) is 10.2. The maximum Gasteiger partial charge on any atom is 0.106 e. The zero-order chi connectivity index (χ0) is 12.5. The molecule has 2 rings (SSSR count). The van der Waals surface area contributed by atoms with Gasteiger partial charge in [-0.2, -0.15) is 0 Å². The van der Waals surface area contributed by atoms with E-state index in [2.05, 4.69) is 45.8 Å². The standard InChI is InChI=1S/C14H15BrN2/c1-10-6-4-7-11(16-10)14(2,3)12-8-5-9-13(15)17-12/h4-9H,1-3H3. The lowest BCUT2D eigenvalue weighted by atomic mass is 9.84. The molecular weight excluding hydrogens is 276 g/mol. The van der Waals surface area contributed by atoms with Crippen LogP contribution in [0.4, 0.5) is 0 Å². The Labute approximate surface area is 110 Å². The first-order chi connectivity index (χ1) is 8.00. The van der Waals surface area contributed by atoms with Gasteiger partial charge in [-0.25, -0.2) is 4.98 Å². The molecule has 0 aliphatic carbocycles. The highest BCUT2D eigenvalue weighted by Gasteiger charge is 2.26. The number of rotatable bonds is 2. The molecule has 0 radical (unpaired) electrons. The van der Waals surface area contributed by atoms with E-state index in [4.69, 9.17) is 0 Å². The fraction of sp³-hybridized carbons (Fsp3) is 0.286. The number of aromatic nitrogens is 2. The monoisotopic (exact) mass is 290 g/mol. The first-order valence-electron chi connectivity index (χ1n) is 5.57. The molecule has 0 N–H and O–H groups in total. The summed E-state index contributed by atoms with van der Waals surface area (Å²) in [6.45, 7) is 6.29. The number of nitrogens with zero attached hydrogens (tertiary/aromatic N) is 2. The average molecular weight is 291 g/mol. The van der Waals surface area contributed by atoms with Gasteiger partial charge in [0.1, 0.15) is 4.60 Å². The van der Waals surface area contributed by atoms with Crippen LogP contribution in [0.2, 0.25) is 0 Å². The number of hydrogen-bond acceptors (Lipinski definition) is 2. The summed E-state index contributed by atoms with van der Waals surface area (Å²) < 4.78 is 0.857. The second kappa shape index (κ2) is 4.57. The van der Waals surface area contributed by atoms with Crippen molar-refractivity contribution in [2.24, 2.45) is 0 Å². The van der Waals surface area contributed by atoms with E-state index in [-0.39, 0.29) is 5.41 Å². The largest absolute Gasteiger partial charge is 0.257 e. The summed E-state index contributed by atoms with van der Waals surface area (Å²) in [6.07, 6.45) is 0. The molecule has 0 saturated heterocycles. The third-order valence-corrected chi connectivity index (χ3v) is 3.33. The highest BCUT2D eigenvalue weighted by atomic mass is 79.9. The predicted octanol–water partition coefficient (Wildman–Crippen LogP) is 3.87. The maximum atomic E-state index is 4.60. The fourth-order valence-corrected chi connectivity index (χ4v) is 2.12. The van der Waals surface area contributed by atoms with Gasteiger partial charge in [0.05, 0.1) is 11.4 Å². The van der Waals surface area contributed by atoms with E-state index in [1.807, 2.05) is 37.3 Å². The zero-order valence-corrected chi connectivity index (χ0v) is 11.8. The Morgan fingerprint density at radius 2 is 1.53 bits per heavy atom. The first-order valence-corrected chi connectivity index (χ1v) is 6.36. The number of hydrogen-bond donors (Lipinski definition) is 0. The Morgan fingerprint density at radius 1 is 0.941 bits per heavy atom. The Hall–Kier alpha value is -1.22. The molecule has 0 saturated carbocycles.